The number of nitrogens with one attached hydrogen (secondary N) is 2. The number of hydrogen-bond acceptors (Lipinski definition) is 7. The molecule has 1 aliphatic rings. The number of amides is 2. The largest absolute Gasteiger partial charge is 0.444 e. The molecule has 0 spiro atoms. The molecular weight excluding hydrogens is 578 g/mol. The summed E-state index contributed by atoms with van der Waals surface area (Å²) < 4.78 is 5.51. The lowest BCUT2D eigenvalue weighted by Crippen LogP contribution is -2.50. The summed E-state index contributed by atoms with van der Waals surface area (Å²) in [5.74, 6) is 0.696. The minimum atomic E-state index is -0.507. The molecule has 1 saturated heterocycles. The predicted molar refractivity (Wildman–Crippen MR) is 171 cm³/mol. The number of fused-ring (bicyclic) bond motifs is 2. The van der Waals surface area contributed by atoms with Crippen molar-refractivity contribution in [1.82, 2.24) is 30.4 Å². The zero-order chi connectivity index (χ0) is 30.8. The van der Waals surface area contributed by atoms with Gasteiger partial charge >= 0.3 is 6.09 Å². The van der Waals surface area contributed by atoms with Crippen LogP contribution < -0.4 is 10.2 Å². The zero-order valence-corrected chi connectivity index (χ0v) is 25.7. The monoisotopic (exact) mass is 611 g/mol. The van der Waals surface area contributed by atoms with E-state index in [-0.39, 0.29) is 12.0 Å². The maximum atomic E-state index is 13.0. The van der Waals surface area contributed by atoms with Crippen LogP contribution >= 0.6 is 11.6 Å². The minimum Gasteiger partial charge on any atom is -0.444 e. The van der Waals surface area contributed by atoms with E-state index in [4.69, 9.17) is 21.3 Å². The van der Waals surface area contributed by atoms with E-state index in [1.165, 1.54) is 0 Å². The highest BCUT2D eigenvalue weighted by Crippen LogP contribution is 2.23. The Kier molecular flexibility index (Phi) is 8.09. The van der Waals surface area contributed by atoms with Crippen LogP contribution in [0.15, 0.2) is 66.9 Å². The van der Waals surface area contributed by atoms with Gasteiger partial charge in [-0.15, -0.1) is 0 Å². The molecule has 11 heteroatoms. The van der Waals surface area contributed by atoms with Gasteiger partial charge < -0.3 is 19.9 Å². The highest BCUT2D eigenvalue weighted by Gasteiger charge is 2.26. The Bertz CT molecular complexity index is 1840. The van der Waals surface area contributed by atoms with Crippen LogP contribution in [0.25, 0.3) is 21.8 Å². The van der Waals surface area contributed by atoms with Crippen LogP contribution in [0.4, 0.5) is 10.6 Å². The van der Waals surface area contributed by atoms with Gasteiger partial charge in [0.1, 0.15) is 11.4 Å². The summed E-state index contributed by atoms with van der Waals surface area (Å²) in [4.78, 5) is 38.7. The number of halogens is 1. The smallest absolute Gasteiger partial charge is 0.410 e. The summed E-state index contributed by atoms with van der Waals surface area (Å²) in [6.45, 7) is 8.49. The van der Waals surface area contributed by atoms with E-state index in [0.717, 1.165) is 44.6 Å². The van der Waals surface area contributed by atoms with E-state index in [9.17, 15) is 9.59 Å². The van der Waals surface area contributed by atoms with E-state index in [1.807, 2.05) is 57.2 Å². The molecule has 5 aromatic rings. The van der Waals surface area contributed by atoms with E-state index in [0.29, 0.717) is 49.7 Å². The summed E-state index contributed by atoms with van der Waals surface area (Å²) in [5, 5.41) is 12.7. The van der Waals surface area contributed by atoms with Crippen molar-refractivity contribution < 1.29 is 14.3 Å². The van der Waals surface area contributed by atoms with Crippen molar-refractivity contribution in [3.63, 3.8) is 0 Å². The zero-order valence-electron chi connectivity index (χ0n) is 24.9. The summed E-state index contributed by atoms with van der Waals surface area (Å²) in [5.41, 5.74) is 4.39. The number of aromatic nitrogens is 4. The lowest BCUT2D eigenvalue weighted by molar-refractivity contribution is 0.0240. The highest BCUT2D eigenvalue weighted by molar-refractivity contribution is 6.31. The van der Waals surface area contributed by atoms with E-state index in [1.54, 1.807) is 23.2 Å². The number of anilines is 1. The first kappa shape index (κ1) is 29.4. The number of carbonyl (C=O) groups is 2. The second-order valence-corrected chi connectivity index (χ2v) is 12.3. The molecule has 1 fully saturated rings. The van der Waals surface area contributed by atoms with E-state index < -0.39 is 5.60 Å². The number of H-pyrrole nitrogens is 1. The number of piperazine rings is 1. The molecular formula is C33H34ClN7O3. The van der Waals surface area contributed by atoms with Crippen LogP contribution in [-0.4, -0.2) is 68.8 Å². The molecule has 2 N–H and O–H groups in total. The summed E-state index contributed by atoms with van der Waals surface area (Å²) >= 11 is 6.13. The Morgan fingerprint density at radius 2 is 1.77 bits per heavy atom. The third-order valence-corrected chi connectivity index (χ3v) is 7.71. The molecule has 0 aliphatic carbocycles. The lowest BCUT2D eigenvalue weighted by Gasteiger charge is -2.36. The van der Waals surface area contributed by atoms with Gasteiger partial charge in [0.2, 0.25) is 0 Å². The Labute approximate surface area is 260 Å². The van der Waals surface area contributed by atoms with Gasteiger partial charge in [0, 0.05) is 65.8 Å². The van der Waals surface area contributed by atoms with Gasteiger partial charge in [-0.2, -0.15) is 5.10 Å². The van der Waals surface area contributed by atoms with Crippen molar-refractivity contribution in [3.05, 3.63) is 94.4 Å². The molecule has 44 heavy (non-hydrogen) atoms. The van der Waals surface area contributed by atoms with E-state index in [2.05, 4.69) is 37.5 Å². The van der Waals surface area contributed by atoms with Crippen LogP contribution in [0.1, 0.15) is 48.1 Å². The number of ether oxygens (including phenoxy) is 1. The maximum Gasteiger partial charge on any atom is 0.410 e. The molecule has 0 saturated carbocycles. The van der Waals surface area contributed by atoms with Crippen molar-refractivity contribution in [2.45, 2.75) is 39.3 Å². The normalized spacial score (nSPS) is 13.8. The fourth-order valence-electron chi connectivity index (χ4n) is 5.26. The number of carbonyl (C=O) groups excluding carboxylic acids is 2. The fraction of sp³-hybridized carbons (Fsp3) is 0.303. The van der Waals surface area contributed by atoms with Crippen molar-refractivity contribution in [2.75, 3.05) is 31.1 Å². The lowest BCUT2D eigenvalue weighted by atomic mass is 10.0. The fourth-order valence-corrected chi connectivity index (χ4v) is 5.43. The van der Waals surface area contributed by atoms with Gasteiger partial charge in [-0.05, 0) is 80.9 Å². The van der Waals surface area contributed by atoms with Crippen LogP contribution in [-0.2, 0) is 17.7 Å². The number of benzene rings is 2. The van der Waals surface area contributed by atoms with Gasteiger partial charge in [0.25, 0.3) is 5.91 Å². The molecule has 1 aliphatic heterocycles. The van der Waals surface area contributed by atoms with Crippen molar-refractivity contribution >= 4 is 51.2 Å². The average Bonchev–Trinajstić information content (AvgIpc) is 3.41. The van der Waals surface area contributed by atoms with E-state index >= 15 is 0 Å². The summed E-state index contributed by atoms with van der Waals surface area (Å²) in [7, 11) is 0. The number of hydrogen-bond donors (Lipinski definition) is 2. The van der Waals surface area contributed by atoms with Crippen LogP contribution in [0.5, 0.6) is 0 Å². The molecule has 6 rings (SSSR count). The van der Waals surface area contributed by atoms with Crippen LogP contribution in [0.2, 0.25) is 5.02 Å². The first-order valence-corrected chi connectivity index (χ1v) is 15.0. The SMILES string of the molecule is CC(C)(C)OC(=O)N1CCN(c2ccc3cc(Cc4cc(C(=O)NCc5[nH]nc6ccc(Cl)cc56)ccn4)ccc3n2)CC1. The van der Waals surface area contributed by atoms with Crippen LogP contribution in [0.3, 0.4) is 0 Å². The molecule has 0 radical (unpaired) electrons. The standard InChI is InChI=1S/C33H34ClN7O3/c1-33(2,3)44-32(43)41-14-12-40(13-15-41)30-9-5-22-16-21(4-7-27(22)37-30)17-25-18-23(10-11-35-25)31(42)36-20-29-26-19-24(34)6-8-28(26)38-39-29/h4-11,16,18-19H,12-15,17,20H2,1-3H3,(H,36,42)(H,38,39). The average molecular weight is 612 g/mol. The van der Waals surface area contributed by atoms with Crippen molar-refractivity contribution in [3.8, 4) is 0 Å². The molecule has 3 aromatic heterocycles. The number of nitrogens with zero attached hydrogens (tertiary/aromatic N) is 5. The molecule has 10 nitrogen and oxygen atoms in total. The molecule has 2 amide bonds. The molecule has 226 valence electrons. The van der Waals surface area contributed by atoms with Crippen LogP contribution in [0, 0.1) is 0 Å². The second kappa shape index (κ2) is 12.1. The number of pyridine rings is 2. The third kappa shape index (κ3) is 6.75. The van der Waals surface area contributed by atoms with Gasteiger partial charge in [0.05, 0.1) is 23.3 Å². The third-order valence-electron chi connectivity index (χ3n) is 7.48. The first-order chi connectivity index (χ1) is 21.1. The predicted octanol–water partition coefficient (Wildman–Crippen LogP) is 5.74. The Morgan fingerprint density at radius 3 is 2.57 bits per heavy atom. The van der Waals surface area contributed by atoms with Gasteiger partial charge in [-0.25, -0.2) is 9.78 Å². The molecule has 2 aromatic carbocycles. The summed E-state index contributed by atoms with van der Waals surface area (Å²) in [6, 6.07) is 19.3. The van der Waals surface area contributed by atoms with Crippen molar-refractivity contribution in [1.29, 1.82) is 0 Å². The van der Waals surface area contributed by atoms with Crippen molar-refractivity contribution in [2.24, 2.45) is 0 Å². The molecule has 4 heterocycles. The second-order valence-electron chi connectivity index (χ2n) is 11.9. The maximum absolute atomic E-state index is 13.0. The van der Waals surface area contributed by atoms with Gasteiger partial charge in [0.15, 0.2) is 0 Å². The Morgan fingerprint density at radius 1 is 0.977 bits per heavy atom. The number of rotatable bonds is 6. The van der Waals surface area contributed by atoms with Gasteiger partial charge in [-0.3, -0.25) is 14.9 Å². The number of aromatic amines is 1. The quantitative estimate of drug-likeness (QED) is 0.252. The van der Waals surface area contributed by atoms with Gasteiger partial charge in [-0.1, -0.05) is 17.7 Å². The Hall–Kier alpha value is -4.70. The summed E-state index contributed by atoms with van der Waals surface area (Å²) in [6.07, 6.45) is 1.97. The molecule has 0 atom stereocenters. The topological polar surface area (TPSA) is 116 Å². The minimum absolute atomic E-state index is 0.194. The molecule has 0 unspecified atom stereocenters. The molecule has 0 bridgehead atoms. The highest BCUT2D eigenvalue weighted by atomic mass is 35.5. The first-order valence-electron chi connectivity index (χ1n) is 14.6. The Balaban J connectivity index is 1.07.